The van der Waals surface area contributed by atoms with Crippen LogP contribution in [0.1, 0.15) is 18.0 Å². The Labute approximate surface area is 71.4 Å². The number of nitrogens with two attached hydrogens (primary N) is 1. The van der Waals surface area contributed by atoms with E-state index in [1.807, 2.05) is 0 Å². The van der Waals surface area contributed by atoms with Crippen molar-refractivity contribution in [3.63, 3.8) is 0 Å². The Kier molecular flexibility index (Phi) is 3.19. The van der Waals surface area contributed by atoms with Gasteiger partial charge in [0.15, 0.2) is 0 Å². The number of hydrogen-bond donors (Lipinski definition) is 1. The minimum Gasteiger partial charge on any atom is -0.324 e. The van der Waals surface area contributed by atoms with E-state index in [0.717, 1.165) is 0 Å². The van der Waals surface area contributed by atoms with Crippen molar-refractivity contribution in [1.29, 1.82) is 0 Å². The molecule has 1 unspecified atom stereocenters. The molecule has 0 aliphatic carbocycles. The summed E-state index contributed by atoms with van der Waals surface area (Å²) in [4.78, 5) is 0. The van der Waals surface area contributed by atoms with Crippen LogP contribution in [0.2, 0.25) is 0 Å². The summed E-state index contributed by atoms with van der Waals surface area (Å²) in [7, 11) is 0. The molecular formula is C9H12FN2. The van der Waals surface area contributed by atoms with Crippen LogP contribution < -0.4 is 11.5 Å². The van der Waals surface area contributed by atoms with Gasteiger partial charge in [-0.1, -0.05) is 18.2 Å². The molecule has 0 fully saturated rings. The first-order valence-corrected chi connectivity index (χ1v) is 3.90. The fourth-order valence-electron chi connectivity index (χ4n) is 1.09. The lowest BCUT2D eigenvalue weighted by Crippen LogP contribution is -2.13. The summed E-state index contributed by atoms with van der Waals surface area (Å²) in [5.74, 6) is -0.279. The highest BCUT2D eigenvalue weighted by Gasteiger charge is 2.08. The van der Waals surface area contributed by atoms with Gasteiger partial charge in [-0.15, -0.1) is 0 Å². The van der Waals surface area contributed by atoms with E-state index in [4.69, 9.17) is 11.5 Å². The SMILES string of the molecule is [NH]CCC(N)c1ccccc1F. The van der Waals surface area contributed by atoms with Gasteiger partial charge in [0, 0.05) is 18.2 Å². The molecular weight excluding hydrogens is 155 g/mol. The molecule has 1 radical (unpaired) electrons. The maximum Gasteiger partial charge on any atom is 0.127 e. The van der Waals surface area contributed by atoms with E-state index in [9.17, 15) is 4.39 Å². The minimum atomic E-state index is -0.344. The fourth-order valence-corrected chi connectivity index (χ4v) is 1.09. The first-order chi connectivity index (χ1) is 5.75. The summed E-state index contributed by atoms with van der Waals surface area (Å²) in [5.41, 5.74) is 13.1. The Morgan fingerprint density at radius 3 is 2.67 bits per heavy atom. The highest BCUT2D eigenvalue weighted by atomic mass is 19.1. The number of benzene rings is 1. The molecule has 0 saturated carbocycles. The third-order valence-corrected chi connectivity index (χ3v) is 1.76. The van der Waals surface area contributed by atoms with Gasteiger partial charge in [0.25, 0.3) is 0 Å². The van der Waals surface area contributed by atoms with Gasteiger partial charge in [-0.05, 0) is 12.5 Å². The Morgan fingerprint density at radius 1 is 1.42 bits per heavy atom. The maximum absolute atomic E-state index is 13.0. The molecule has 12 heavy (non-hydrogen) atoms. The van der Waals surface area contributed by atoms with E-state index in [2.05, 4.69) is 0 Å². The van der Waals surface area contributed by atoms with Crippen molar-refractivity contribution >= 4 is 0 Å². The van der Waals surface area contributed by atoms with Crippen molar-refractivity contribution in [2.24, 2.45) is 5.73 Å². The summed E-state index contributed by atoms with van der Waals surface area (Å²) in [6.45, 7) is 0.232. The largest absolute Gasteiger partial charge is 0.324 e. The van der Waals surface area contributed by atoms with Gasteiger partial charge in [-0.2, -0.15) is 0 Å². The fraction of sp³-hybridized carbons (Fsp3) is 0.333. The number of halogens is 1. The van der Waals surface area contributed by atoms with Crippen LogP contribution in [0.3, 0.4) is 0 Å². The zero-order valence-electron chi connectivity index (χ0n) is 6.76. The second kappa shape index (κ2) is 4.18. The van der Waals surface area contributed by atoms with E-state index in [-0.39, 0.29) is 18.4 Å². The molecule has 1 rings (SSSR count). The van der Waals surface area contributed by atoms with E-state index < -0.39 is 0 Å². The molecule has 0 saturated heterocycles. The van der Waals surface area contributed by atoms with Gasteiger partial charge in [-0.25, -0.2) is 4.39 Å². The maximum atomic E-state index is 13.0. The zero-order valence-corrected chi connectivity index (χ0v) is 6.76. The third-order valence-electron chi connectivity index (χ3n) is 1.76. The molecule has 0 bridgehead atoms. The van der Waals surface area contributed by atoms with Gasteiger partial charge in [-0.3, -0.25) is 5.73 Å². The zero-order chi connectivity index (χ0) is 8.97. The van der Waals surface area contributed by atoms with Crippen molar-refractivity contribution < 1.29 is 4.39 Å². The molecule has 2 nitrogen and oxygen atoms in total. The van der Waals surface area contributed by atoms with E-state index in [1.165, 1.54) is 6.07 Å². The number of rotatable bonds is 3. The number of hydrogen-bond acceptors (Lipinski definition) is 1. The van der Waals surface area contributed by atoms with Crippen LogP contribution in [0.5, 0.6) is 0 Å². The minimum absolute atomic E-state index is 0.232. The van der Waals surface area contributed by atoms with E-state index in [0.29, 0.717) is 12.0 Å². The van der Waals surface area contributed by atoms with Crippen LogP contribution in [0.25, 0.3) is 0 Å². The topological polar surface area (TPSA) is 49.8 Å². The highest BCUT2D eigenvalue weighted by molar-refractivity contribution is 5.20. The molecule has 0 aliphatic rings. The van der Waals surface area contributed by atoms with Crippen LogP contribution in [0.4, 0.5) is 4.39 Å². The molecule has 1 aromatic carbocycles. The van der Waals surface area contributed by atoms with Gasteiger partial charge in [0.05, 0.1) is 0 Å². The average molecular weight is 167 g/mol. The standard InChI is InChI=1S/C9H12FN2/c10-8-4-2-1-3-7(8)9(12)5-6-11/h1-4,9,11H,5-6,12H2. The molecule has 1 atom stereocenters. The van der Waals surface area contributed by atoms with Crippen LogP contribution in [0, 0.1) is 5.82 Å². The Bertz CT molecular complexity index is 250. The lowest BCUT2D eigenvalue weighted by molar-refractivity contribution is 0.565. The van der Waals surface area contributed by atoms with Crippen molar-refractivity contribution in [3.05, 3.63) is 35.6 Å². The lowest BCUT2D eigenvalue weighted by Gasteiger charge is -2.10. The highest BCUT2D eigenvalue weighted by Crippen LogP contribution is 2.16. The van der Waals surface area contributed by atoms with Crippen LogP contribution >= 0.6 is 0 Å². The van der Waals surface area contributed by atoms with Gasteiger partial charge < -0.3 is 5.73 Å². The molecule has 0 heterocycles. The molecule has 0 aliphatic heterocycles. The van der Waals surface area contributed by atoms with Crippen molar-refractivity contribution in [1.82, 2.24) is 5.73 Å². The first-order valence-electron chi connectivity index (χ1n) is 3.90. The van der Waals surface area contributed by atoms with Crippen molar-refractivity contribution in [2.75, 3.05) is 6.54 Å². The van der Waals surface area contributed by atoms with Crippen LogP contribution in [-0.4, -0.2) is 6.54 Å². The van der Waals surface area contributed by atoms with Crippen molar-refractivity contribution in [2.45, 2.75) is 12.5 Å². The smallest absolute Gasteiger partial charge is 0.127 e. The predicted molar refractivity (Wildman–Crippen MR) is 45.9 cm³/mol. The van der Waals surface area contributed by atoms with Gasteiger partial charge in [0.2, 0.25) is 0 Å². The molecule has 65 valence electrons. The summed E-state index contributed by atoms with van der Waals surface area (Å²) in [6.07, 6.45) is 0.501. The quantitative estimate of drug-likeness (QED) is 0.728. The Balaban J connectivity index is 2.79. The third kappa shape index (κ3) is 2.03. The summed E-state index contributed by atoms with van der Waals surface area (Å²) in [6, 6.07) is 6.09. The summed E-state index contributed by atoms with van der Waals surface area (Å²) in [5, 5.41) is 0. The normalized spacial score (nSPS) is 12.9. The first kappa shape index (κ1) is 9.16. The molecule has 3 N–H and O–H groups in total. The molecule has 0 spiro atoms. The Morgan fingerprint density at radius 2 is 2.08 bits per heavy atom. The monoisotopic (exact) mass is 167 g/mol. The lowest BCUT2D eigenvalue weighted by atomic mass is 10.0. The molecule has 0 amide bonds. The van der Waals surface area contributed by atoms with Crippen LogP contribution in [0.15, 0.2) is 24.3 Å². The second-order valence-electron chi connectivity index (χ2n) is 2.67. The molecule has 3 heteroatoms. The van der Waals surface area contributed by atoms with E-state index in [1.54, 1.807) is 18.2 Å². The summed E-state index contributed by atoms with van der Waals surface area (Å²) < 4.78 is 13.0. The average Bonchev–Trinajstić information content (AvgIpc) is 2.05. The Hall–Kier alpha value is -0.930. The summed E-state index contributed by atoms with van der Waals surface area (Å²) >= 11 is 0. The predicted octanol–water partition coefficient (Wildman–Crippen LogP) is 1.50. The van der Waals surface area contributed by atoms with E-state index >= 15 is 0 Å². The second-order valence-corrected chi connectivity index (χ2v) is 2.67. The van der Waals surface area contributed by atoms with Gasteiger partial charge >= 0.3 is 0 Å². The number of nitrogens with one attached hydrogen (secondary N) is 1. The van der Waals surface area contributed by atoms with Crippen LogP contribution in [-0.2, 0) is 0 Å². The molecule has 1 aromatic rings. The molecule has 0 aromatic heterocycles. The van der Waals surface area contributed by atoms with Crippen molar-refractivity contribution in [3.8, 4) is 0 Å². The van der Waals surface area contributed by atoms with Gasteiger partial charge in [0.1, 0.15) is 5.82 Å².